The summed E-state index contributed by atoms with van der Waals surface area (Å²) in [5.41, 5.74) is 3.13. The molecule has 0 aliphatic heterocycles. The van der Waals surface area contributed by atoms with E-state index < -0.39 is 5.60 Å². The highest BCUT2D eigenvalue weighted by Gasteiger charge is 2.42. The third-order valence-electron chi connectivity index (χ3n) is 3.48. The van der Waals surface area contributed by atoms with Gasteiger partial charge in [-0.05, 0) is 49.3 Å². The second-order valence-corrected chi connectivity index (χ2v) is 4.79. The average Bonchev–Trinajstić information content (AvgIpc) is 2.07. The predicted molar refractivity (Wildman–Crippen MR) is 58.2 cm³/mol. The molecular formula is C13H18O. The van der Waals surface area contributed by atoms with Crippen molar-refractivity contribution in [1.82, 2.24) is 0 Å². The van der Waals surface area contributed by atoms with Gasteiger partial charge in [0.2, 0.25) is 0 Å². The van der Waals surface area contributed by atoms with Gasteiger partial charge in [0.05, 0.1) is 5.60 Å². The van der Waals surface area contributed by atoms with Crippen molar-refractivity contribution >= 4 is 0 Å². The SMILES string of the molecule is Cc1cccc(C2(O)CC(C)C2)c1C. The molecule has 1 heteroatoms. The molecule has 1 saturated carbocycles. The molecule has 1 aliphatic rings. The normalized spacial score (nSPS) is 31.3. The van der Waals surface area contributed by atoms with E-state index in [4.69, 9.17) is 0 Å². The van der Waals surface area contributed by atoms with Crippen molar-refractivity contribution < 1.29 is 5.11 Å². The molecule has 0 aromatic heterocycles. The van der Waals surface area contributed by atoms with Gasteiger partial charge in [0.1, 0.15) is 0 Å². The van der Waals surface area contributed by atoms with Gasteiger partial charge in [-0.25, -0.2) is 0 Å². The Kier molecular flexibility index (Phi) is 2.15. The summed E-state index contributed by atoms with van der Waals surface area (Å²) in [5.74, 6) is 0.667. The Morgan fingerprint density at radius 3 is 2.50 bits per heavy atom. The minimum atomic E-state index is -0.532. The number of rotatable bonds is 1. The molecule has 1 aliphatic carbocycles. The molecule has 0 spiro atoms. The van der Waals surface area contributed by atoms with Crippen LogP contribution in [0.5, 0.6) is 0 Å². The van der Waals surface area contributed by atoms with E-state index in [0.717, 1.165) is 18.4 Å². The van der Waals surface area contributed by atoms with E-state index in [2.05, 4.69) is 32.9 Å². The Morgan fingerprint density at radius 1 is 1.29 bits per heavy atom. The number of hydrogen-bond donors (Lipinski definition) is 1. The van der Waals surface area contributed by atoms with Gasteiger partial charge in [0, 0.05) is 0 Å². The van der Waals surface area contributed by atoms with Gasteiger partial charge in [0.25, 0.3) is 0 Å². The minimum Gasteiger partial charge on any atom is -0.385 e. The molecule has 1 aromatic rings. The zero-order valence-electron chi connectivity index (χ0n) is 9.17. The largest absolute Gasteiger partial charge is 0.385 e. The second kappa shape index (κ2) is 3.09. The van der Waals surface area contributed by atoms with E-state index in [-0.39, 0.29) is 0 Å². The molecule has 76 valence electrons. The third kappa shape index (κ3) is 1.36. The predicted octanol–water partition coefficient (Wildman–Crippen LogP) is 2.92. The summed E-state index contributed by atoms with van der Waals surface area (Å²) in [7, 11) is 0. The number of aliphatic hydroxyl groups is 1. The smallest absolute Gasteiger partial charge is 0.0904 e. The van der Waals surface area contributed by atoms with Crippen molar-refractivity contribution in [2.45, 2.75) is 39.2 Å². The number of aryl methyl sites for hydroxylation is 1. The van der Waals surface area contributed by atoms with E-state index in [9.17, 15) is 5.11 Å². The van der Waals surface area contributed by atoms with Gasteiger partial charge >= 0.3 is 0 Å². The highest BCUT2D eigenvalue weighted by Crippen LogP contribution is 2.46. The molecule has 0 bridgehead atoms. The molecule has 0 heterocycles. The van der Waals surface area contributed by atoms with Crippen molar-refractivity contribution in [3.63, 3.8) is 0 Å². The van der Waals surface area contributed by atoms with E-state index in [0.29, 0.717) is 5.92 Å². The topological polar surface area (TPSA) is 20.2 Å². The molecule has 0 atom stereocenters. The van der Waals surface area contributed by atoms with Crippen molar-refractivity contribution in [1.29, 1.82) is 0 Å². The van der Waals surface area contributed by atoms with Gasteiger partial charge in [-0.3, -0.25) is 0 Å². The van der Waals surface area contributed by atoms with Gasteiger partial charge in [-0.15, -0.1) is 0 Å². The summed E-state index contributed by atoms with van der Waals surface area (Å²) in [4.78, 5) is 0. The maximum Gasteiger partial charge on any atom is 0.0904 e. The quantitative estimate of drug-likeness (QED) is 0.722. The fraction of sp³-hybridized carbons (Fsp3) is 0.538. The first-order valence-corrected chi connectivity index (χ1v) is 5.32. The maximum absolute atomic E-state index is 10.4. The van der Waals surface area contributed by atoms with Crippen LogP contribution in [-0.2, 0) is 5.60 Å². The molecular weight excluding hydrogens is 172 g/mol. The molecule has 0 radical (unpaired) electrons. The van der Waals surface area contributed by atoms with E-state index >= 15 is 0 Å². The fourth-order valence-electron chi connectivity index (χ4n) is 2.57. The van der Waals surface area contributed by atoms with Crippen molar-refractivity contribution in [3.05, 3.63) is 34.9 Å². The van der Waals surface area contributed by atoms with Gasteiger partial charge < -0.3 is 5.11 Å². The Balaban J connectivity index is 2.37. The standard InChI is InChI=1S/C13H18O/c1-9-7-13(14,8-9)12-6-4-5-10(2)11(12)3/h4-6,9,14H,7-8H2,1-3H3. The summed E-state index contributed by atoms with van der Waals surface area (Å²) < 4.78 is 0. The van der Waals surface area contributed by atoms with Crippen LogP contribution in [0.4, 0.5) is 0 Å². The first-order chi connectivity index (χ1) is 6.53. The van der Waals surface area contributed by atoms with Crippen molar-refractivity contribution in [2.75, 3.05) is 0 Å². The zero-order valence-corrected chi connectivity index (χ0v) is 9.17. The van der Waals surface area contributed by atoms with Gasteiger partial charge in [-0.1, -0.05) is 25.1 Å². The first-order valence-electron chi connectivity index (χ1n) is 5.32. The van der Waals surface area contributed by atoms with Crippen molar-refractivity contribution in [3.8, 4) is 0 Å². The Labute approximate surface area is 85.8 Å². The summed E-state index contributed by atoms with van der Waals surface area (Å²) >= 11 is 0. The Bertz CT molecular complexity index is 348. The zero-order chi connectivity index (χ0) is 10.3. The molecule has 0 saturated heterocycles. The highest BCUT2D eigenvalue weighted by molar-refractivity contribution is 5.38. The van der Waals surface area contributed by atoms with Crippen LogP contribution >= 0.6 is 0 Å². The third-order valence-corrected chi connectivity index (χ3v) is 3.48. The molecule has 1 fully saturated rings. The minimum absolute atomic E-state index is 0.532. The molecule has 1 aromatic carbocycles. The fourth-order valence-corrected chi connectivity index (χ4v) is 2.57. The molecule has 0 amide bonds. The van der Waals surface area contributed by atoms with Crippen molar-refractivity contribution in [2.24, 2.45) is 5.92 Å². The highest BCUT2D eigenvalue weighted by atomic mass is 16.3. The van der Waals surface area contributed by atoms with Crippen LogP contribution in [0.15, 0.2) is 18.2 Å². The lowest BCUT2D eigenvalue weighted by Gasteiger charge is -2.43. The van der Waals surface area contributed by atoms with Crippen LogP contribution in [0.1, 0.15) is 36.5 Å². The molecule has 0 unspecified atom stereocenters. The second-order valence-electron chi connectivity index (χ2n) is 4.79. The Morgan fingerprint density at radius 2 is 1.93 bits per heavy atom. The van der Waals surface area contributed by atoms with E-state index in [1.807, 2.05) is 6.07 Å². The number of benzene rings is 1. The summed E-state index contributed by atoms with van der Waals surface area (Å²) in [5, 5.41) is 10.4. The lowest BCUT2D eigenvalue weighted by atomic mass is 9.67. The number of hydrogen-bond acceptors (Lipinski definition) is 1. The molecule has 1 nitrogen and oxygen atoms in total. The molecule has 2 rings (SSSR count). The monoisotopic (exact) mass is 190 g/mol. The lowest BCUT2D eigenvalue weighted by molar-refractivity contribution is -0.0743. The first kappa shape index (κ1) is 9.72. The summed E-state index contributed by atoms with van der Waals surface area (Å²) in [6.45, 7) is 6.40. The van der Waals surface area contributed by atoms with E-state index in [1.54, 1.807) is 0 Å². The lowest BCUT2D eigenvalue weighted by Crippen LogP contribution is -2.40. The van der Waals surface area contributed by atoms with Crippen LogP contribution in [0.3, 0.4) is 0 Å². The van der Waals surface area contributed by atoms with Crippen LogP contribution in [0, 0.1) is 19.8 Å². The van der Waals surface area contributed by atoms with Crippen LogP contribution in [-0.4, -0.2) is 5.11 Å². The summed E-state index contributed by atoms with van der Waals surface area (Å²) in [6, 6.07) is 6.21. The molecule has 14 heavy (non-hydrogen) atoms. The van der Waals surface area contributed by atoms with Gasteiger partial charge in [-0.2, -0.15) is 0 Å². The van der Waals surface area contributed by atoms with E-state index in [1.165, 1.54) is 11.1 Å². The van der Waals surface area contributed by atoms with Crippen LogP contribution in [0.25, 0.3) is 0 Å². The Hall–Kier alpha value is -0.820. The summed E-state index contributed by atoms with van der Waals surface area (Å²) in [6.07, 6.45) is 1.83. The van der Waals surface area contributed by atoms with Gasteiger partial charge in [0.15, 0.2) is 0 Å². The van der Waals surface area contributed by atoms with Crippen LogP contribution in [0.2, 0.25) is 0 Å². The maximum atomic E-state index is 10.4. The average molecular weight is 190 g/mol. The molecule has 1 N–H and O–H groups in total. The van der Waals surface area contributed by atoms with Crippen LogP contribution < -0.4 is 0 Å².